The van der Waals surface area contributed by atoms with E-state index in [-0.39, 0.29) is 23.1 Å². The highest BCUT2D eigenvalue weighted by molar-refractivity contribution is 7.18. The minimum atomic E-state index is -4.93. The first-order chi connectivity index (χ1) is 16.0. The first-order valence-electron chi connectivity index (χ1n) is 9.47. The molecule has 0 amide bonds. The molecule has 0 unspecified atom stereocenters. The van der Waals surface area contributed by atoms with Crippen LogP contribution in [0.1, 0.15) is 22.4 Å². The van der Waals surface area contributed by atoms with E-state index in [1.165, 1.54) is 11.3 Å². The number of ether oxygens (including phenoxy) is 1. The van der Waals surface area contributed by atoms with E-state index in [9.17, 15) is 26.3 Å². The molecule has 4 rings (SSSR count). The molecule has 5 nitrogen and oxygen atoms in total. The molecule has 1 N–H and O–H groups in total. The molecule has 0 aliphatic rings. The fraction of sp³-hybridized carbons (Fsp3) is 0.136. The lowest BCUT2D eigenvalue weighted by Gasteiger charge is -2.15. The average molecular weight is 494 g/mol. The lowest BCUT2D eigenvalue weighted by Crippen LogP contribution is -2.12. The van der Waals surface area contributed by atoms with Gasteiger partial charge in [-0.05, 0) is 53.6 Å². The van der Waals surface area contributed by atoms with E-state index in [2.05, 4.69) is 15.4 Å². The maximum atomic E-state index is 13.1. The van der Waals surface area contributed by atoms with Crippen LogP contribution in [-0.4, -0.2) is 15.4 Å². The maximum absolute atomic E-state index is 13.1. The second-order valence-electron chi connectivity index (χ2n) is 7.03. The molecule has 0 spiro atoms. The summed E-state index contributed by atoms with van der Waals surface area (Å²) in [6.45, 7) is -0.489. The van der Waals surface area contributed by atoms with E-state index >= 15 is 0 Å². The van der Waals surface area contributed by atoms with Gasteiger partial charge in [0.2, 0.25) is 0 Å². The van der Waals surface area contributed by atoms with Crippen molar-refractivity contribution in [1.82, 2.24) is 15.4 Å². The fourth-order valence-corrected chi connectivity index (χ4v) is 4.10. The van der Waals surface area contributed by atoms with E-state index in [0.717, 1.165) is 4.88 Å². The van der Waals surface area contributed by atoms with Gasteiger partial charge >= 0.3 is 12.4 Å². The van der Waals surface area contributed by atoms with Gasteiger partial charge in [0, 0.05) is 4.88 Å². The molecule has 0 saturated carbocycles. The van der Waals surface area contributed by atoms with Crippen LogP contribution in [0.25, 0.3) is 21.0 Å². The van der Waals surface area contributed by atoms with Gasteiger partial charge in [0.1, 0.15) is 24.1 Å². The first-order valence-corrected chi connectivity index (χ1v) is 10.3. The highest BCUT2D eigenvalue weighted by atomic mass is 32.1. The molecule has 12 heteroatoms. The summed E-state index contributed by atoms with van der Waals surface area (Å²) >= 11 is 1.33. The van der Waals surface area contributed by atoms with Crippen molar-refractivity contribution >= 4 is 11.3 Å². The van der Waals surface area contributed by atoms with Crippen molar-refractivity contribution in [3.63, 3.8) is 0 Å². The molecule has 0 aliphatic heterocycles. The number of nitriles is 1. The third kappa shape index (κ3) is 5.04. The van der Waals surface area contributed by atoms with Gasteiger partial charge in [0.15, 0.2) is 5.69 Å². The molecule has 0 atom stereocenters. The summed E-state index contributed by atoms with van der Waals surface area (Å²) in [7, 11) is 0. The number of halogens is 6. The minimum Gasteiger partial charge on any atom is -0.489 e. The second-order valence-corrected chi connectivity index (χ2v) is 8.11. The number of hydrogen-bond donors (Lipinski definition) is 1. The first kappa shape index (κ1) is 23.3. The van der Waals surface area contributed by atoms with Crippen molar-refractivity contribution in [1.29, 1.82) is 5.26 Å². The molecule has 2 heterocycles. The van der Waals surface area contributed by atoms with Crippen LogP contribution in [0, 0.1) is 11.3 Å². The standard InChI is InChI=1S/C22H12F6N4OS/c23-21(24,25)14-6-12(7-15(9-14)22(26,27)28)11-33-16-3-1-2-13(8-16)18-4-5-19(34-18)20-17(10-29)30-32-31-20/h1-9H,11H2,(H,30,31,32). The van der Waals surface area contributed by atoms with Crippen LogP contribution in [0.3, 0.4) is 0 Å². The highest BCUT2D eigenvalue weighted by Gasteiger charge is 2.36. The summed E-state index contributed by atoms with van der Waals surface area (Å²) in [5.74, 6) is 0.262. The van der Waals surface area contributed by atoms with Crippen molar-refractivity contribution < 1.29 is 31.1 Å². The van der Waals surface area contributed by atoms with Gasteiger partial charge in [-0.25, -0.2) is 0 Å². The molecule has 0 aliphatic carbocycles. The van der Waals surface area contributed by atoms with Gasteiger partial charge in [0.05, 0.1) is 16.0 Å². The third-order valence-corrected chi connectivity index (χ3v) is 5.81. The number of nitrogens with zero attached hydrogens (tertiary/aromatic N) is 3. The number of benzene rings is 2. The zero-order chi connectivity index (χ0) is 24.5. The molecule has 34 heavy (non-hydrogen) atoms. The van der Waals surface area contributed by atoms with Crippen LogP contribution in [-0.2, 0) is 19.0 Å². The lowest BCUT2D eigenvalue weighted by molar-refractivity contribution is -0.143. The van der Waals surface area contributed by atoms with Crippen LogP contribution in [0.15, 0.2) is 54.6 Å². The monoisotopic (exact) mass is 494 g/mol. The maximum Gasteiger partial charge on any atom is 0.416 e. The Morgan fingerprint density at radius 3 is 2.21 bits per heavy atom. The molecular formula is C22H12F6N4OS. The van der Waals surface area contributed by atoms with Gasteiger partial charge in [-0.2, -0.15) is 41.9 Å². The Morgan fingerprint density at radius 2 is 1.56 bits per heavy atom. The minimum absolute atomic E-state index is 0.0745. The normalized spacial score (nSPS) is 11.9. The zero-order valence-electron chi connectivity index (χ0n) is 16.8. The predicted molar refractivity (Wildman–Crippen MR) is 111 cm³/mol. The topological polar surface area (TPSA) is 74.6 Å². The predicted octanol–water partition coefficient (Wildman–Crippen LogP) is 6.69. The molecule has 0 saturated heterocycles. The van der Waals surface area contributed by atoms with Crippen LogP contribution >= 0.6 is 11.3 Å². The van der Waals surface area contributed by atoms with E-state index in [1.54, 1.807) is 36.4 Å². The van der Waals surface area contributed by atoms with Gasteiger partial charge in [0.25, 0.3) is 0 Å². The molecule has 2 aromatic carbocycles. The van der Waals surface area contributed by atoms with Gasteiger partial charge in [-0.3, -0.25) is 0 Å². The van der Waals surface area contributed by atoms with Crippen molar-refractivity contribution in [3.05, 3.63) is 77.0 Å². The summed E-state index contributed by atoms with van der Waals surface area (Å²) in [5.41, 5.74) is -1.81. The number of thiophene rings is 1. The van der Waals surface area contributed by atoms with Crippen molar-refractivity contribution in [3.8, 4) is 32.8 Å². The quantitative estimate of drug-likeness (QED) is 0.314. The Labute approximate surface area is 192 Å². The number of hydrogen-bond acceptors (Lipinski definition) is 5. The number of alkyl halides is 6. The van der Waals surface area contributed by atoms with Crippen LogP contribution in [0.4, 0.5) is 26.3 Å². The summed E-state index contributed by atoms with van der Waals surface area (Å²) in [6, 6.07) is 13.4. The van der Waals surface area contributed by atoms with Crippen LogP contribution < -0.4 is 4.74 Å². The lowest BCUT2D eigenvalue weighted by atomic mass is 10.1. The Bertz CT molecular complexity index is 1330. The van der Waals surface area contributed by atoms with E-state index in [4.69, 9.17) is 10.00 Å². The van der Waals surface area contributed by atoms with Crippen molar-refractivity contribution in [2.24, 2.45) is 0 Å². The van der Waals surface area contributed by atoms with Gasteiger partial charge < -0.3 is 4.74 Å². The highest BCUT2D eigenvalue weighted by Crippen LogP contribution is 2.38. The molecule has 0 bridgehead atoms. The number of aromatic nitrogens is 3. The van der Waals surface area contributed by atoms with Crippen LogP contribution in [0.5, 0.6) is 5.75 Å². The third-order valence-electron chi connectivity index (χ3n) is 4.66. The second kappa shape index (κ2) is 8.83. The Kier molecular flexibility index (Phi) is 6.05. The zero-order valence-corrected chi connectivity index (χ0v) is 17.6. The molecule has 2 aromatic heterocycles. The Morgan fingerprint density at radius 1 is 0.882 bits per heavy atom. The van der Waals surface area contributed by atoms with Crippen LogP contribution in [0.2, 0.25) is 0 Å². The van der Waals surface area contributed by atoms with Crippen molar-refractivity contribution in [2.75, 3.05) is 0 Å². The number of H-pyrrole nitrogens is 1. The SMILES string of the molecule is N#Cc1n[nH]nc1-c1ccc(-c2cccc(OCc3cc(C(F)(F)F)cc(C(F)(F)F)c3)c2)s1. The van der Waals surface area contributed by atoms with Gasteiger partial charge in [-0.1, -0.05) is 12.1 Å². The summed E-state index contributed by atoms with van der Waals surface area (Å²) in [4.78, 5) is 1.47. The van der Waals surface area contributed by atoms with E-state index < -0.39 is 30.1 Å². The van der Waals surface area contributed by atoms with Crippen molar-refractivity contribution in [2.45, 2.75) is 19.0 Å². The summed E-state index contributed by atoms with van der Waals surface area (Å²) in [5, 5.41) is 19.2. The molecule has 0 radical (unpaired) electrons. The van der Waals surface area contributed by atoms with Gasteiger partial charge in [-0.15, -0.1) is 16.4 Å². The Balaban J connectivity index is 1.56. The Hall–Kier alpha value is -3.85. The van der Waals surface area contributed by atoms with E-state index in [1.807, 2.05) is 6.07 Å². The summed E-state index contributed by atoms with van der Waals surface area (Å²) < 4.78 is 83.8. The average Bonchev–Trinajstić information content (AvgIpc) is 3.46. The summed E-state index contributed by atoms with van der Waals surface area (Å²) in [6.07, 6.45) is -9.86. The molecular weight excluding hydrogens is 482 g/mol. The van der Waals surface area contributed by atoms with E-state index in [0.29, 0.717) is 28.3 Å². The smallest absolute Gasteiger partial charge is 0.416 e. The molecule has 4 aromatic rings. The fourth-order valence-electron chi connectivity index (χ4n) is 3.11. The number of nitrogens with one attached hydrogen (secondary N) is 1. The number of aromatic amines is 1. The largest absolute Gasteiger partial charge is 0.489 e. The molecule has 0 fully saturated rings. The molecule has 174 valence electrons. The number of rotatable bonds is 5.